The second kappa shape index (κ2) is 7.58. The highest BCUT2D eigenvalue weighted by atomic mass is 35.5. The molecule has 0 bridgehead atoms. The normalized spacial score (nSPS) is 11.8. The van der Waals surface area contributed by atoms with Crippen LogP contribution in [-0.4, -0.2) is 13.4 Å². The number of sulfone groups is 1. The number of halogens is 5. The molecule has 3 nitrogen and oxygen atoms in total. The molecule has 0 amide bonds. The van der Waals surface area contributed by atoms with E-state index in [0.717, 1.165) is 30.5 Å². The minimum atomic E-state index is -4.26. The van der Waals surface area contributed by atoms with Crippen molar-refractivity contribution >= 4 is 43.9 Å². The van der Waals surface area contributed by atoms with E-state index in [1.54, 1.807) is 0 Å². The van der Waals surface area contributed by atoms with Gasteiger partial charge in [-0.3, -0.25) is 4.98 Å². The summed E-state index contributed by atoms with van der Waals surface area (Å²) < 4.78 is 68.2. The molecule has 152 valence electrons. The number of nitrogens with zero attached hydrogens (tertiary/aromatic N) is 1. The third kappa shape index (κ3) is 3.64. The lowest BCUT2D eigenvalue weighted by Crippen LogP contribution is -2.06. The molecule has 30 heavy (non-hydrogen) atoms. The van der Waals surface area contributed by atoms with Crippen LogP contribution >= 0.6 is 23.2 Å². The first kappa shape index (κ1) is 20.7. The van der Waals surface area contributed by atoms with E-state index in [4.69, 9.17) is 23.2 Å². The van der Waals surface area contributed by atoms with Crippen LogP contribution in [0.5, 0.6) is 0 Å². The molecule has 1 aromatic heterocycles. The van der Waals surface area contributed by atoms with Crippen LogP contribution in [0.4, 0.5) is 13.2 Å². The van der Waals surface area contributed by atoms with Crippen molar-refractivity contribution in [3.8, 4) is 11.1 Å². The lowest BCUT2D eigenvalue weighted by molar-refractivity contribution is 0.509. The van der Waals surface area contributed by atoms with E-state index in [9.17, 15) is 21.6 Å². The van der Waals surface area contributed by atoms with Crippen molar-refractivity contribution in [2.75, 3.05) is 0 Å². The molecular weight excluding hydrogens is 458 g/mol. The number of hydrogen-bond donors (Lipinski definition) is 0. The van der Waals surface area contributed by atoms with Gasteiger partial charge in [0.1, 0.15) is 5.82 Å². The van der Waals surface area contributed by atoms with E-state index in [-0.39, 0.29) is 41.9 Å². The molecule has 0 spiro atoms. The highest BCUT2D eigenvalue weighted by molar-refractivity contribution is 7.91. The Balaban J connectivity index is 2.11. The number of pyridine rings is 1. The molecule has 0 saturated carbocycles. The summed E-state index contributed by atoms with van der Waals surface area (Å²) in [7, 11) is -4.26. The molecule has 0 unspecified atom stereocenters. The maximum atomic E-state index is 14.0. The van der Waals surface area contributed by atoms with E-state index < -0.39 is 27.3 Å². The van der Waals surface area contributed by atoms with Gasteiger partial charge in [0.25, 0.3) is 0 Å². The van der Waals surface area contributed by atoms with Gasteiger partial charge in [-0.25, -0.2) is 21.6 Å². The van der Waals surface area contributed by atoms with Crippen molar-refractivity contribution in [2.24, 2.45) is 0 Å². The summed E-state index contributed by atoms with van der Waals surface area (Å²) in [6, 6.07) is 10.3. The third-order valence-electron chi connectivity index (χ3n) is 4.44. The van der Waals surface area contributed by atoms with Crippen LogP contribution in [0.1, 0.15) is 0 Å². The fourth-order valence-corrected chi connectivity index (χ4v) is 5.27. The van der Waals surface area contributed by atoms with Gasteiger partial charge in [-0.1, -0.05) is 29.3 Å². The first-order valence-electron chi connectivity index (χ1n) is 8.42. The molecule has 4 rings (SSSR count). The van der Waals surface area contributed by atoms with Gasteiger partial charge >= 0.3 is 0 Å². The first-order chi connectivity index (χ1) is 14.2. The summed E-state index contributed by atoms with van der Waals surface area (Å²) in [6.07, 6.45) is 1.08. The smallest absolute Gasteiger partial charge is 0.208 e. The van der Waals surface area contributed by atoms with Gasteiger partial charge in [-0.15, -0.1) is 0 Å². The SMILES string of the molecule is O=S(=O)(c1cc(Cl)cc(Cl)c1)c1cnc2ccc(F)cc2c1-c1ccc(F)c(F)c1. The number of rotatable bonds is 3. The van der Waals surface area contributed by atoms with Crippen molar-refractivity contribution in [2.45, 2.75) is 9.79 Å². The molecule has 1 heterocycles. The molecule has 0 radical (unpaired) electrons. The number of aromatic nitrogens is 1. The summed E-state index contributed by atoms with van der Waals surface area (Å²) in [5, 5.41) is 0.306. The van der Waals surface area contributed by atoms with E-state index >= 15 is 0 Å². The van der Waals surface area contributed by atoms with Crippen LogP contribution in [0, 0.1) is 17.5 Å². The quantitative estimate of drug-likeness (QED) is 0.347. The Morgan fingerprint density at radius 3 is 2.17 bits per heavy atom. The minimum Gasteiger partial charge on any atom is -0.255 e. The summed E-state index contributed by atoms with van der Waals surface area (Å²) in [4.78, 5) is 3.56. The standard InChI is InChI=1S/C21H10Cl2F3NO2S/c22-12-6-13(23)8-15(7-12)30(28,29)20-10-27-19-4-2-14(24)9-16(19)21(20)11-1-3-17(25)18(26)5-11/h1-10H. The van der Waals surface area contributed by atoms with Crippen LogP contribution in [0.2, 0.25) is 10.0 Å². The average molecular weight is 468 g/mol. The number of fused-ring (bicyclic) bond motifs is 1. The second-order valence-corrected chi connectivity index (χ2v) is 9.19. The van der Waals surface area contributed by atoms with Gasteiger partial charge in [0.05, 0.1) is 15.3 Å². The van der Waals surface area contributed by atoms with Crippen LogP contribution in [0.25, 0.3) is 22.0 Å². The lowest BCUT2D eigenvalue weighted by Gasteiger charge is -2.14. The predicted molar refractivity (Wildman–Crippen MR) is 109 cm³/mol. The van der Waals surface area contributed by atoms with Gasteiger partial charge in [0.2, 0.25) is 9.84 Å². The van der Waals surface area contributed by atoms with Crippen LogP contribution < -0.4 is 0 Å². The van der Waals surface area contributed by atoms with Gasteiger partial charge in [-0.2, -0.15) is 0 Å². The minimum absolute atomic E-state index is 0.0190. The van der Waals surface area contributed by atoms with E-state index in [2.05, 4.69) is 4.98 Å². The van der Waals surface area contributed by atoms with Gasteiger partial charge in [-0.05, 0) is 54.1 Å². The molecule has 3 aromatic carbocycles. The zero-order chi connectivity index (χ0) is 21.6. The Morgan fingerprint density at radius 2 is 1.50 bits per heavy atom. The maximum Gasteiger partial charge on any atom is 0.208 e. The first-order valence-corrected chi connectivity index (χ1v) is 10.7. The van der Waals surface area contributed by atoms with Crippen molar-refractivity contribution in [3.63, 3.8) is 0 Å². The summed E-state index contributed by atoms with van der Waals surface area (Å²) in [5.41, 5.74) is 0.298. The summed E-state index contributed by atoms with van der Waals surface area (Å²) >= 11 is 11.9. The lowest BCUT2D eigenvalue weighted by atomic mass is 10.0. The molecule has 0 N–H and O–H groups in total. The molecule has 4 aromatic rings. The largest absolute Gasteiger partial charge is 0.255 e. The second-order valence-electron chi connectivity index (χ2n) is 6.40. The molecule has 0 aliphatic carbocycles. The monoisotopic (exact) mass is 467 g/mol. The van der Waals surface area contributed by atoms with Crippen LogP contribution in [0.3, 0.4) is 0 Å². The van der Waals surface area contributed by atoms with Crippen molar-refractivity contribution in [1.29, 1.82) is 0 Å². The summed E-state index contributed by atoms with van der Waals surface area (Å²) in [5.74, 6) is -2.93. The van der Waals surface area contributed by atoms with Gasteiger partial charge in [0, 0.05) is 27.2 Å². The molecule has 9 heteroatoms. The van der Waals surface area contributed by atoms with E-state index in [1.807, 2.05) is 0 Å². The zero-order valence-corrected chi connectivity index (χ0v) is 17.2. The highest BCUT2D eigenvalue weighted by Crippen LogP contribution is 2.38. The van der Waals surface area contributed by atoms with Crippen molar-refractivity contribution < 1.29 is 21.6 Å². The highest BCUT2D eigenvalue weighted by Gasteiger charge is 2.26. The fourth-order valence-electron chi connectivity index (χ4n) is 3.11. The Morgan fingerprint density at radius 1 is 0.800 bits per heavy atom. The van der Waals surface area contributed by atoms with Crippen LogP contribution in [-0.2, 0) is 9.84 Å². The van der Waals surface area contributed by atoms with E-state index in [0.29, 0.717) is 0 Å². The molecular formula is C21H10Cl2F3NO2S. The predicted octanol–water partition coefficient (Wildman–Crippen LogP) is 6.46. The number of benzene rings is 3. The van der Waals surface area contributed by atoms with Gasteiger partial charge in [0.15, 0.2) is 11.6 Å². The fraction of sp³-hybridized carbons (Fsp3) is 0. The van der Waals surface area contributed by atoms with E-state index in [1.165, 1.54) is 30.3 Å². The molecule has 0 aliphatic rings. The number of hydrogen-bond acceptors (Lipinski definition) is 3. The molecule has 0 saturated heterocycles. The van der Waals surface area contributed by atoms with Crippen molar-refractivity contribution in [3.05, 3.63) is 88.3 Å². The third-order valence-corrected chi connectivity index (χ3v) is 6.62. The Kier molecular flexibility index (Phi) is 5.22. The topological polar surface area (TPSA) is 47.0 Å². The van der Waals surface area contributed by atoms with Crippen molar-refractivity contribution in [1.82, 2.24) is 4.98 Å². The zero-order valence-electron chi connectivity index (χ0n) is 14.8. The molecule has 0 atom stereocenters. The molecule has 0 fully saturated rings. The maximum absolute atomic E-state index is 14.0. The summed E-state index contributed by atoms with van der Waals surface area (Å²) in [6.45, 7) is 0. The average Bonchev–Trinajstić information content (AvgIpc) is 2.68. The van der Waals surface area contributed by atoms with Gasteiger partial charge < -0.3 is 0 Å². The molecule has 0 aliphatic heterocycles. The van der Waals surface area contributed by atoms with Crippen LogP contribution in [0.15, 0.2) is 70.6 Å². The Hall–Kier alpha value is -2.61. The Labute approximate surface area is 179 Å². The Bertz CT molecular complexity index is 1410.